The highest BCUT2D eigenvalue weighted by molar-refractivity contribution is 5.96. The molecule has 2 aliphatic carbocycles. The van der Waals surface area contributed by atoms with E-state index in [1.54, 1.807) is 49.5 Å². The second-order valence-corrected chi connectivity index (χ2v) is 14.2. The molecule has 3 aliphatic rings. The van der Waals surface area contributed by atoms with Crippen molar-refractivity contribution >= 4 is 11.8 Å². The van der Waals surface area contributed by atoms with Crippen molar-refractivity contribution in [1.82, 2.24) is 10.2 Å². The number of rotatable bonds is 15. The Balaban J connectivity index is 1.53. The number of carbonyl (C=O) groups is 2. The van der Waals surface area contributed by atoms with Crippen LogP contribution in [-0.2, 0) is 27.4 Å². The SMILES string of the molecule is COc1ccc(OC)c(CCN(C(=O)CO[C@H]2C[C@@H](C)CC[C@@H]2C(C)C)[C@@H]2C=C(C(=O)NCCO)[C@@H]3c4cc(CO)cc(OC)c4O[C@@H]3[C@H]2O)c1. The van der Waals surface area contributed by atoms with Crippen molar-refractivity contribution in [2.24, 2.45) is 17.8 Å². The Morgan fingerprint density at radius 1 is 1.04 bits per heavy atom. The molecule has 280 valence electrons. The average Bonchev–Trinajstić information content (AvgIpc) is 3.53. The van der Waals surface area contributed by atoms with Crippen LogP contribution in [0.4, 0.5) is 0 Å². The molecule has 0 radical (unpaired) electrons. The fourth-order valence-electron chi connectivity index (χ4n) is 7.94. The van der Waals surface area contributed by atoms with Gasteiger partial charge in [-0.3, -0.25) is 9.59 Å². The van der Waals surface area contributed by atoms with Crippen LogP contribution >= 0.6 is 0 Å². The highest BCUT2D eigenvalue weighted by Gasteiger charge is 2.51. The first kappa shape index (κ1) is 38.4. The van der Waals surface area contributed by atoms with Gasteiger partial charge in [0.15, 0.2) is 11.5 Å². The molecule has 0 unspecified atom stereocenters. The summed E-state index contributed by atoms with van der Waals surface area (Å²) in [5.41, 5.74) is 2.22. The summed E-state index contributed by atoms with van der Waals surface area (Å²) in [7, 11) is 4.64. The highest BCUT2D eigenvalue weighted by atomic mass is 16.5. The maximum atomic E-state index is 14.4. The van der Waals surface area contributed by atoms with Crippen molar-refractivity contribution in [3.63, 3.8) is 0 Å². The van der Waals surface area contributed by atoms with Crippen molar-refractivity contribution in [3.8, 4) is 23.0 Å². The van der Waals surface area contributed by atoms with E-state index in [0.29, 0.717) is 58.3 Å². The Bertz CT molecular complexity index is 1560. The number of ether oxygens (including phenoxy) is 5. The van der Waals surface area contributed by atoms with Gasteiger partial charge in [-0.1, -0.05) is 27.2 Å². The minimum absolute atomic E-state index is 0.0114. The summed E-state index contributed by atoms with van der Waals surface area (Å²) in [5, 5.41) is 34.4. The van der Waals surface area contributed by atoms with E-state index in [-0.39, 0.29) is 50.5 Å². The average molecular weight is 711 g/mol. The second kappa shape index (κ2) is 17.1. The minimum atomic E-state index is -1.26. The van der Waals surface area contributed by atoms with Gasteiger partial charge >= 0.3 is 0 Å². The largest absolute Gasteiger partial charge is 0.497 e. The number of aliphatic hydroxyl groups is 3. The van der Waals surface area contributed by atoms with Gasteiger partial charge in [0, 0.05) is 24.2 Å². The molecule has 0 saturated heterocycles. The van der Waals surface area contributed by atoms with E-state index in [4.69, 9.17) is 23.7 Å². The normalized spacial score (nSPS) is 25.3. The molecule has 4 N–H and O–H groups in total. The number of aliphatic hydroxyl groups excluding tert-OH is 3. The van der Waals surface area contributed by atoms with Gasteiger partial charge in [-0.25, -0.2) is 0 Å². The number of amides is 2. The van der Waals surface area contributed by atoms with Gasteiger partial charge in [-0.15, -0.1) is 0 Å². The lowest BCUT2D eigenvalue weighted by Crippen LogP contribution is -2.57. The maximum absolute atomic E-state index is 14.4. The Morgan fingerprint density at radius 2 is 1.80 bits per heavy atom. The van der Waals surface area contributed by atoms with Crippen LogP contribution in [0.2, 0.25) is 0 Å². The minimum Gasteiger partial charge on any atom is -0.497 e. The van der Waals surface area contributed by atoms with Crippen LogP contribution in [-0.4, -0.2) is 104 Å². The van der Waals surface area contributed by atoms with Crippen LogP contribution in [0.15, 0.2) is 42.0 Å². The number of benzene rings is 2. The molecule has 7 atom stereocenters. The lowest BCUT2D eigenvalue weighted by molar-refractivity contribution is -0.147. The number of hydrogen-bond acceptors (Lipinski definition) is 10. The summed E-state index contributed by atoms with van der Waals surface area (Å²) in [6.45, 7) is 6.03. The van der Waals surface area contributed by atoms with Gasteiger partial charge in [0.05, 0.1) is 52.6 Å². The topological polar surface area (TPSA) is 156 Å². The van der Waals surface area contributed by atoms with Crippen LogP contribution in [0.3, 0.4) is 0 Å². The van der Waals surface area contributed by atoms with E-state index >= 15 is 0 Å². The molecule has 51 heavy (non-hydrogen) atoms. The van der Waals surface area contributed by atoms with E-state index in [9.17, 15) is 24.9 Å². The van der Waals surface area contributed by atoms with Crippen LogP contribution in [0.5, 0.6) is 23.0 Å². The van der Waals surface area contributed by atoms with E-state index in [0.717, 1.165) is 24.8 Å². The highest BCUT2D eigenvalue weighted by Crippen LogP contribution is 2.51. The summed E-state index contributed by atoms with van der Waals surface area (Å²) >= 11 is 0. The summed E-state index contributed by atoms with van der Waals surface area (Å²) in [6.07, 6.45) is 2.73. The van der Waals surface area contributed by atoms with Gasteiger partial charge in [-0.2, -0.15) is 0 Å². The van der Waals surface area contributed by atoms with Crippen LogP contribution < -0.4 is 24.3 Å². The Kier molecular flexibility index (Phi) is 12.9. The Morgan fingerprint density at radius 3 is 2.47 bits per heavy atom. The molecule has 0 spiro atoms. The van der Waals surface area contributed by atoms with Gasteiger partial charge in [0.1, 0.15) is 30.3 Å². The zero-order valence-corrected chi connectivity index (χ0v) is 30.6. The molecular formula is C39H54N2O10. The standard InChI is InChI=1S/C39H54N2O10/c1-22(2)27-9-7-23(3)15-32(27)50-21-34(44)41(13-11-25-18-26(47-4)8-10-31(25)48-5)30-19-29(39(46)40-12-14-42)35-28-16-24(20-43)17-33(49-6)37(28)51-38(35)36(30)45/h8,10,16-19,22-23,27,30,32,35-36,38,42-43,45H,7,9,11-15,20-21H2,1-6H3,(H,40,46)/t23-,27+,30+,32-,35-,36-,38-/m0/s1. The molecule has 2 aromatic carbocycles. The predicted molar refractivity (Wildman–Crippen MR) is 190 cm³/mol. The predicted octanol–water partition coefficient (Wildman–Crippen LogP) is 3.38. The zero-order chi connectivity index (χ0) is 36.8. The molecule has 1 saturated carbocycles. The van der Waals surface area contributed by atoms with Gasteiger partial charge < -0.3 is 49.2 Å². The van der Waals surface area contributed by atoms with Crippen molar-refractivity contribution in [1.29, 1.82) is 0 Å². The summed E-state index contributed by atoms with van der Waals surface area (Å²) in [6, 6.07) is 7.88. The molecule has 2 aromatic rings. The summed E-state index contributed by atoms with van der Waals surface area (Å²) in [4.78, 5) is 29.8. The molecule has 5 rings (SSSR count). The molecule has 1 aliphatic heterocycles. The number of methoxy groups -OCH3 is 3. The lowest BCUT2D eigenvalue weighted by Gasteiger charge is -2.41. The van der Waals surface area contributed by atoms with Gasteiger partial charge in [-0.05, 0) is 84.6 Å². The number of fused-ring (bicyclic) bond motifs is 3. The molecule has 2 amide bonds. The monoisotopic (exact) mass is 710 g/mol. The van der Waals surface area contributed by atoms with Gasteiger partial charge in [0.25, 0.3) is 0 Å². The number of hydrogen-bond donors (Lipinski definition) is 4. The fraction of sp³-hybridized carbons (Fsp3) is 0.590. The number of nitrogens with zero attached hydrogens (tertiary/aromatic N) is 1. The maximum Gasteiger partial charge on any atom is 0.249 e. The summed E-state index contributed by atoms with van der Waals surface area (Å²) in [5.74, 6) is 1.67. The number of carbonyl (C=O) groups excluding carboxylic acids is 2. The van der Waals surface area contributed by atoms with Gasteiger partial charge in [0.2, 0.25) is 11.8 Å². The third kappa shape index (κ3) is 8.30. The first-order valence-electron chi connectivity index (χ1n) is 17.9. The van der Waals surface area contributed by atoms with Crippen molar-refractivity contribution in [2.45, 2.75) is 83.3 Å². The molecule has 0 bridgehead atoms. The molecule has 12 nitrogen and oxygen atoms in total. The smallest absolute Gasteiger partial charge is 0.249 e. The summed E-state index contributed by atoms with van der Waals surface area (Å²) < 4.78 is 29.5. The first-order valence-corrected chi connectivity index (χ1v) is 17.9. The lowest BCUT2D eigenvalue weighted by atomic mass is 9.75. The molecule has 0 aromatic heterocycles. The second-order valence-electron chi connectivity index (χ2n) is 14.2. The van der Waals surface area contributed by atoms with Crippen molar-refractivity contribution in [3.05, 3.63) is 58.7 Å². The third-order valence-corrected chi connectivity index (χ3v) is 10.7. The van der Waals surface area contributed by atoms with E-state index in [1.807, 2.05) is 6.07 Å². The van der Waals surface area contributed by atoms with E-state index in [2.05, 4.69) is 26.1 Å². The van der Waals surface area contributed by atoms with Crippen LogP contribution in [0, 0.1) is 17.8 Å². The molecule has 12 heteroatoms. The fourth-order valence-corrected chi connectivity index (χ4v) is 7.94. The van der Waals surface area contributed by atoms with Crippen LogP contribution in [0.1, 0.15) is 62.6 Å². The molecular weight excluding hydrogens is 656 g/mol. The van der Waals surface area contributed by atoms with Crippen LogP contribution in [0.25, 0.3) is 0 Å². The molecule has 1 fully saturated rings. The van der Waals surface area contributed by atoms with E-state index in [1.165, 1.54) is 7.11 Å². The van der Waals surface area contributed by atoms with Crippen molar-refractivity contribution in [2.75, 3.05) is 47.6 Å². The third-order valence-electron chi connectivity index (χ3n) is 10.7. The zero-order valence-electron chi connectivity index (χ0n) is 30.6. The quantitative estimate of drug-likeness (QED) is 0.216. The van der Waals surface area contributed by atoms with Crippen molar-refractivity contribution < 1.29 is 48.6 Å². The first-order chi connectivity index (χ1) is 24.5. The van der Waals surface area contributed by atoms with E-state index < -0.39 is 30.1 Å². The Labute approximate surface area is 300 Å². The number of nitrogens with one attached hydrogen (secondary N) is 1. The Hall–Kier alpha value is -3.84. The molecule has 1 heterocycles.